The second-order valence-corrected chi connectivity index (χ2v) is 3.93. The second kappa shape index (κ2) is 7.08. The minimum Gasteiger partial charge on any atom is -0.493 e. The van der Waals surface area contributed by atoms with Crippen molar-refractivity contribution in [2.24, 2.45) is 5.73 Å². The van der Waals surface area contributed by atoms with Crippen LogP contribution >= 0.6 is 11.6 Å². The summed E-state index contributed by atoms with van der Waals surface area (Å²) in [6.45, 7) is 2.67. The molecule has 0 spiro atoms. The predicted octanol–water partition coefficient (Wildman–Crippen LogP) is 1.32. The monoisotopic (exact) mass is 272 g/mol. The van der Waals surface area contributed by atoms with Gasteiger partial charge in [-0.1, -0.05) is 11.6 Å². The molecule has 0 radical (unpaired) electrons. The van der Waals surface area contributed by atoms with Gasteiger partial charge in [-0.2, -0.15) is 0 Å². The van der Waals surface area contributed by atoms with Gasteiger partial charge in [-0.25, -0.2) is 0 Å². The van der Waals surface area contributed by atoms with Crippen LogP contribution in [-0.2, 0) is 11.3 Å². The number of benzene rings is 1. The van der Waals surface area contributed by atoms with Crippen molar-refractivity contribution in [1.82, 2.24) is 5.32 Å². The van der Waals surface area contributed by atoms with Gasteiger partial charge in [0, 0.05) is 6.54 Å². The molecule has 0 heterocycles. The Hall–Kier alpha value is -1.46. The van der Waals surface area contributed by atoms with Gasteiger partial charge in [0.1, 0.15) is 0 Å². The molecule has 0 unspecified atom stereocenters. The van der Waals surface area contributed by atoms with Gasteiger partial charge in [-0.3, -0.25) is 4.79 Å². The standard InChI is InChI=1S/C12H17ClN2O3/c1-3-18-12-9(13)4-8(5-10(12)17-2)7-15-11(16)6-14/h4-5H,3,6-7,14H2,1-2H3,(H,15,16). The lowest BCUT2D eigenvalue weighted by Gasteiger charge is -2.13. The van der Waals surface area contributed by atoms with Crippen molar-refractivity contribution in [3.05, 3.63) is 22.7 Å². The molecular weight excluding hydrogens is 256 g/mol. The molecule has 0 aliphatic rings. The van der Waals surface area contributed by atoms with E-state index in [4.69, 9.17) is 26.8 Å². The van der Waals surface area contributed by atoms with Crippen LogP contribution in [0.1, 0.15) is 12.5 Å². The second-order valence-electron chi connectivity index (χ2n) is 3.52. The van der Waals surface area contributed by atoms with Crippen LogP contribution in [0.4, 0.5) is 0 Å². The molecule has 0 aromatic heterocycles. The maximum Gasteiger partial charge on any atom is 0.234 e. The molecule has 0 atom stereocenters. The Bertz CT molecular complexity index is 424. The van der Waals surface area contributed by atoms with Crippen LogP contribution in [0, 0.1) is 0 Å². The summed E-state index contributed by atoms with van der Waals surface area (Å²) in [5, 5.41) is 3.11. The normalized spacial score (nSPS) is 10.0. The highest BCUT2D eigenvalue weighted by Gasteiger charge is 2.11. The third-order valence-electron chi connectivity index (χ3n) is 2.25. The Balaban J connectivity index is 2.88. The van der Waals surface area contributed by atoms with E-state index in [0.29, 0.717) is 29.7 Å². The number of ether oxygens (including phenoxy) is 2. The quantitative estimate of drug-likeness (QED) is 0.819. The van der Waals surface area contributed by atoms with Crippen molar-refractivity contribution in [1.29, 1.82) is 0 Å². The van der Waals surface area contributed by atoms with Crippen molar-refractivity contribution < 1.29 is 14.3 Å². The topological polar surface area (TPSA) is 73.6 Å². The molecule has 6 heteroatoms. The molecule has 1 amide bonds. The maximum atomic E-state index is 11.1. The lowest BCUT2D eigenvalue weighted by atomic mass is 10.2. The van der Waals surface area contributed by atoms with Gasteiger partial charge in [0.25, 0.3) is 0 Å². The van der Waals surface area contributed by atoms with Crippen LogP contribution in [0.15, 0.2) is 12.1 Å². The number of hydrogen-bond acceptors (Lipinski definition) is 4. The van der Waals surface area contributed by atoms with Gasteiger partial charge in [0.2, 0.25) is 5.91 Å². The fourth-order valence-electron chi connectivity index (χ4n) is 1.43. The summed E-state index contributed by atoms with van der Waals surface area (Å²) in [6.07, 6.45) is 0. The Morgan fingerprint density at radius 1 is 1.50 bits per heavy atom. The first-order valence-corrected chi connectivity index (χ1v) is 5.96. The summed E-state index contributed by atoms with van der Waals surface area (Å²) in [7, 11) is 1.54. The van der Waals surface area contributed by atoms with E-state index in [-0.39, 0.29) is 12.5 Å². The summed E-state index contributed by atoms with van der Waals surface area (Å²) in [5.41, 5.74) is 6.02. The van der Waals surface area contributed by atoms with Gasteiger partial charge in [-0.05, 0) is 24.6 Å². The van der Waals surface area contributed by atoms with Crippen LogP contribution in [0.25, 0.3) is 0 Å². The van der Waals surface area contributed by atoms with E-state index in [0.717, 1.165) is 5.56 Å². The van der Waals surface area contributed by atoms with Crippen molar-refractivity contribution in [3.8, 4) is 11.5 Å². The molecule has 0 fully saturated rings. The van der Waals surface area contributed by atoms with Gasteiger partial charge < -0.3 is 20.5 Å². The summed E-state index contributed by atoms with van der Waals surface area (Å²) in [5.74, 6) is 0.830. The predicted molar refractivity (Wildman–Crippen MR) is 70.1 cm³/mol. The highest BCUT2D eigenvalue weighted by molar-refractivity contribution is 6.32. The largest absolute Gasteiger partial charge is 0.493 e. The van der Waals surface area contributed by atoms with Crippen molar-refractivity contribution in [2.75, 3.05) is 20.3 Å². The molecule has 1 rings (SSSR count). The number of hydrogen-bond donors (Lipinski definition) is 2. The first kappa shape index (κ1) is 14.6. The van der Waals surface area contributed by atoms with E-state index in [1.807, 2.05) is 6.92 Å². The number of nitrogens with two attached hydrogens (primary N) is 1. The molecule has 0 saturated heterocycles. The summed E-state index contributed by atoms with van der Waals surface area (Å²) < 4.78 is 10.6. The molecule has 1 aromatic rings. The fourth-order valence-corrected chi connectivity index (χ4v) is 1.72. The lowest BCUT2D eigenvalue weighted by Crippen LogP contribution is -2.29. The van der Waals surface area contributed by atoms with Crippen LogP contribution in [-0.4, -0.2) is 26.2 Å². The average Bonchev–Trinajstić information content (AvgIpc) is 2.38. The van der Waals surface area contributed by atoms with E-state index >= 15 is 0 Å². The molecule has 5 nitrogen and oxygen atoms in total. The van der Waals surface area contributed by atoms with Gasteiger partial charge >= 0.3 is 0 Å². The zero-order chi connectivity index (χ0) is 13.5. The molecule has 0 aliphatic carbocycles. The van der Waals surface area contributed by atoms with Crippen LogP contribution in [0.5, 0.6) is 11.5 Å². The summed E-state index contributed by atoms with van der Waals surface area (Å²) in [6, 6.07) is 3.50. The Morgan fingerprint density at radius 3 is 2.78 bits per heavy atom. The SMILES string of the molecule is CCOc1c(Cl)cc(CNC(=O)CN)cc1OC. The van der Waals surface area contributed by atoms with Crippen molar-refractivity contribution in [3.63, 3.8) is 0 Å². The average molecular weight is 273 g/mol. The van der Waals surface area contributed by atoms with Crippen LogP contribution in [0.3, 0.4) is 0 Å². The first-order chi connectivity index (χ1) is 8.62. The third-order valence-corrected chi connectivity index (χ3v) is 2.53. The zero-order valence-corrected chi connectivity index (χ0v) is 11.2. The fraction of sp³-hybridized carbons (Fsp3) is 0.417. The highest BCUT2D eigenvalue weighted by atomic mass is 35.5. The number of amides is 1. The number of nitrogens with one attached hydrogen (secondary N) is 1. The van der Waals surface area contributed by atoms with E-state index in [2.05, 4.69) is 5.32 Å². The van der Waals surface area contributed by atoms with E-state index in [1.165, 1.54) is 7.11 Å². The van der Waals surface area contributed by atoms with Gasteiger partial charge in [0.05, 0.1) is 25.3 Å². The van der Waals surface area contributed by atoms with Gasteiger partial charge in [-0.15, -0.1) is 0 Å². The van der Waals surface area contributed by atoms with E-state index in [9.17, 15) is 4.79 Å². The number of rotatable bonds is 6. The van der Waals surface area contributed by atoms with Crippen molar-refractivity contribution >= 4 is 17.5 Å². The number of halogens is 1. The maximum absolute atomic E-state index is 11.1. The minimum absolute atomic E-state index is 0.0398. The highest BCUT2D eigenvalue weighted by Crippen LogP contribution is 2.36. The number of carbonyl (C=O) groups is 1. The Morgan fingerprint density at radius 2 is 2.22 bits per heavy atom. The molecule has 18 heavy (non-hydrogen) atoms. The summed E-state index contributed by atoms with van der Waals surface area (Å²) in [4.78, 5) is 11.1. The van der Waals surface area contributed by atoms with Crippen molar-refractivity contribution in [2.45, 2.75) is 13.5 Å². The molecule has 0 saturated carbocycles. The van der Waals surface area contributed by atoms with E-state index < -0.39 is 0 Å². The summed E-state index contributed by atoms with van der Waals surface area (Å²) >= 11 is 6.10. The third kappa shape index (κ3) is 3.78. The number of methoxy groups -OCH3 is 1. The molecule has 1 aromatic carbocycles. The number of carbonyl (C=O) groups excluding carboxylic acids is 1. The van der Waals surface area contributed by atoms with Gasteiger partial charge in [0.15, 0.2) is 11.5 Å². The Kier molecular flexibility index (Phi) is 5.74. The van der Waals surface area contributed by atoms with E-state index in [1.54, 1.807) is 12.1 Å². The van der Waals surface area contributed by atoms with Crippen LogP contribution in [0.2, 0.25) is 5.02 Å². The molecule has 0 aliphatic heterocycles. The molecule has 100 valence electrons. The minimum atomic E-state index is -0.223. The first-order valence-electron chi connectivity index (χ1n) is 5.58. The zero-order valence-electron chi connectivity index (χ0n) is 10.5. The molecule has 0 bridgehead atoms. The van der Waals surface area contributed by atoms with Crippen LogP contribution < -0.4 is 20.5 Å². The molecule has 3 N–H and O–H groups in total. The smallest absolute Gasteiger partial charge is 0.234 e. The lowest BCUT2D eigenvalue weighted by molar-refractivity contribution is -0.119. The Labute approximate surface area is 111 Å². The molecular formula is C12H17ClN2O3.